The fraction of sp³-hybridized carbons (Fsp3) is 0.435. The van der Waals surface area contributed by atoms with Crippen LogP contribution in [0.15, 0.2) is 54.6 Å². The summed E-state index contributed by atoms with van der Waals surface area (Å²) in [5.74, 6) is 0.0795. The van der Waals surface area contributed by atoms with Gasteiger partial charge in [-0.1, -0.05) is 54.6 Å². The molecule has 0 saturated carbocycles. The first kappa shape index (κ1) is 20.5. The lowest BCUT2D eigenvalue weighted by atomic mass is 9.78. The maximum atomic E-state index is 12.9. The van der Waals surface area contributed by atoms with Crippen molar-refractivity contribution < 1.29 is 14.3 Å². The van der Waals surface area contributed by atoms with E-state index in [9.17, 15) is 4.79 Å². The van der Waals surface area contributed by atoms with Gasteiger partial charge in [-0.3, -0.25) is 4.79 Å². The summed E-state index contributed by atoms with van der Waals surface area (Å²) in [7, 11) is 1.66. The van der Waals surface area contributed by atoms with Gasteiger partial charge in [-0.15, -0.1) is 0 Å². The van der Waals surface area contributed by atoms with E-state index in [0.29, 0.717) is 26.4 Å². The van der Waals surface area contributed by atoms with Crippen molar-refractivity contribution in [3.05, 3.63) is 71.3 Å². The Hall–Kier alpha value is -2.21. The lowest BCUT2D eigenvalue weighted by Crippen LogP contribution is -2.50. The second-order valence-electron chi connectivity index (χ2n) is 7.39. The molecular formula is C23H30N2O3. The van der Waals surface area contributed by atoms with Gasteiger partial charge in [0.15, 0.2) is 0 Å². The molecule has 0 aromatic heterocycles. The van der Waals surface area contributed by atoms with Crippen molar-refractivity contribution in [2.75, 3.05) is 26.8 Å². The van der Waals surface area contributed by atoms with Gasteiger partial charge in [0.05, 0.1) is 25.2 Å². The molecule has 2 N–H and O–H groups in total. The van der Waals surface area contributed by atoms with Crippen molar-refractivity contribution in [2.45, 2.75) is 32.6 Å². The molecule has 1 saturated heterocycles. The van der Waals surface area contributed by atoms with Crippen LogP contribution in [0.2, 0.25) is 0 Å². The molecule has 1 heterocycles. The Morgan fingerprint density at radius 2 is 1.68 bits per heavy atom. The summed E-state index contributed by atoms with van der Waals surface area (Å²) in [4.78, 5) is 12.9. The number of nitrogens with one attached hydrogen (secondary N) is 2. The Morgan fingerprint density at radius 3 is 2.39 bits per heavy atom. The molecule has 3 rings (SSSR count). The third-order valence-electron chi connectivity index (χ3n) is 5.39. The zero-order valence-corrected chi connectivity index (χ0v) is 16.6. The van der Waals surface area contributed by atoms with Crippen molar-refractivity contribution in [3.63, 3.8) is 0 Å². The average Bonchev–Trinajstić information content (AvgIpc) is 2.74. The molecule has 0 spiro atoms. The van der Waals surface area contributed by atoms with Crippen LogP contribution in [0.4, 0.5) is 0 Å². The Kier molecular flexibility index (Phi) is 7.60. The number of ether oxygens (including phenoxy) is 2. The molecule has 0 radical (unpaired) electrons. The van der Waals surface area contributed by atoms with Crippen LogP contribution < -0.4 is 10.6 Å². The smallest absolute Gasteiger partial charge is 0.228 e. The van der Waals surface area contributed by atoms with E-state index in [4.69, 9.17) is 9.47 Å². The van der Waals surface area contributed by atoms with E-state index in [0.717, 1.165) is 42.6 Å². The van der Waals surface area contributed by atoms with Crippen molar-refractivity contribution in [1.82, 2.24) is 10.6 Å². The normalized spacial score (nSPS) is 15.9. The van der Waals surface area contributed by atoms with E-state index in [-0.39, 0.29) is 5.91 Å². The minimum absolute atomic E-state index is 0.0795. The molecule has 2 aromatic carbocycles. The van der Waals surface area contributed by atoms with Crippen LogP contribution in [-0.2, 0) is 34.0 Å². The Balaban J connectivity index is 1.57. The molecule has 5 heteroatoms. The first-order valence-electron chi connectivity index (χ1n) is 9.90. The molecule has 5 nitrogen and oxygen atoms in total. The summed E-state index contributed by atoms with van der Waals surface area (Å²) in [5, 5.41) is 6.46. The van der Waals surface area contributed by atoms with Crippen LogP contribution in [0.3, 0.4) is 0 Å². The van der Waals surface area contributed by atoms with Gasteiger partial charge >= 0.3 is 0 Å². The number of hydrogen-bond donors (Lipinski definition) is 2. The van der Waals surface area contributed by atoms with Crippen LogP contribution in [0, 0.1) is 5.41 Å². The number of amides is 1. The molecule has 1 aliphatic rings. The highest BCUT2D eigenvalue weighted by Gasteiger charge is 2.39. The molecule has 28 heavy (non-hydrogen) atoms. The number of rotatable bonds is 9. The Labute approximate surface area is 167 Å². The second kappa shape index (κ2) is 10.4. The van der Waals surface area contributed by atoms with Gasteiger partial charge in [0.25, 0.3) is 0 Å². The van der Waals surface area contributed by atoms with Gasteiger partial charge in [-0.2, -0.15) is 0 Å². The number of methoxy groups -OCH3 is 1. The SMILES string of the molecule is COCC1(C(=O)NCc2ccccc2COCc2ccccc2)CCNCC1. The highest BCUT2D eigenvalue weighted by molar-refractivity contribution is 5.83. The highest BCUT2D eigenvalue weighted by Crippen LogP contribution is 2.29. The van der Waals surface area contributed by atoms with E-state index >= 15 is 0 Å². The molecule has 2 aromatic rings. The van der Waals surface area contributed by atoms with Crippen LogP contribution in [-0.4, -0.2) is 32.7 Å². The summed E-state index contributed by atoms with van der Waals surface area (Å²) in [5.41, 5.74) is 2.91. The van der Waals surface area contributed by atoms with Crippen molar-refractivity contribution in [2.24, 2.45) is 5.41 Å². The molecule has 1 fully saturated rings. The molecule has 1 amide bonds. The monoisotopic (exact) mass is 382 g/mol. The highest BCUT2D eigenvalue weighted by atomic mass is 16.5. The van der Waals surface area contributed by atoms with Crippen LogP contribution >= 0.6 is 0 Å². The third kappa shape index (κ3) is 5.41. The fourth-order valence-corrected chi connectivity index (χ4v) is 3.71. The van der Waals surface area contributed by atoms with Crippen LogP contribution in [0.25, 0.3) is 0 Å². The molecule has 0 bridgehead atoms. The Bertz CT molecular complexity index is 737. The molecule has 1 aliphatic heterocycles. The summed E-state index contributed by atoms with van der Waals surface area (Å²) in [6.45, 7) is 3.76. The van der Waals surface area contributed by atoms with E-state index in [1.54, 1.807) is 7.11 Å². The lowest BCUT2D eigenvalue weighted by Gasteiger charge is -2.35. The van der Waals surface area contributed by atoms with Crippen LogP contribution in [0.1, 0.15) is 29.5 Å². The summed E-state index contributed by atoms with van der Waals surface area (Å²) >= 11 is 0. The maximum Gasteiger partial charge on any atom is 0.228 e. The number of benzene rings is 2. The van der Waals surface area contributed by atoms with Gasteiger partial charge in [0, 0.05) is 13.7 Å². The van der Waals surface area contributed by atoms with Gasteiger partial charge in [0.1, 0.15) is 0 Å². The minimum atomic E-state index is -0.432. The first-order valence-corrected chi connectivity index (χ1v) is 9.90. The van der Waals surface area contributed by atoms with Gasteiger partial charge < -0.3 is 20.1 Å². The minimum Gasteiger partial charge on any atom is -0.384 e. The molecule has 0 aliphatic carbocycles. The number of hydrogen-bond acceptors (Lipinski definition) is 4. The van der Waals surface area contributed by atoms with E-state index in [1.165, 1.54) is 0 Å². The quantitative estimate of drug-likeness (QED) is 0.700. The van der Waals surface area contributed by atoms with Crippen molar-refractivity contribution in [3.8, 4) is 0 Å². The maximum absolute atomic E-state index is 12.9. The molecule has 0 unspecified atom stereocenters. The predicted octanol–water partition coefficient (Wildman–Crippen LogP) is 3.04. The number of carbonyl (C=O) groups excluding carboxylic acids is 1. The summed E-state index contributed by atoms with van der Waals surface area (Å²) in [6, 6.07) is 18.2. The fourth-order valence-electron chi connectivity index (χ4n) is 3.71. The van der Waals surface area contributed by atoms with Crippen molar-refractivity contribution in [1.29, 1.82) is 0 Å². The largest absolute Gasteiger partial charge is 0.384 e. The molecule has 150 valence electrons. The van der Waals surface area contributed by atoms with Crippen LogP contribution in [0.5, 0.6) is 0 Å². The predicted molar refractivity (Wildman–Crippen MR) is 110 cm³/mol. The first-order chi connectivity index (χ1) is 13.7. The standard InChI is InChI=1S/C23H30N2O3/c1-27-18-23(11-13-24-14-12-23)22(26)25-15-20-9-5-6-10-21(20)17-28-16-19-7-3-2-4-8-19/h2-10,24H,11-18H2,1H3,(H,25,26). The second-order valence-corrected chi connectivity index (χ2v) is 7.39. The van der Waals surface area contributed by atoms with Gasteiger partial charge in [0.2, 0.25) is 5.91 Å². The van der Waals surface area contributed by atoms with E-state index in [2.05, 4.69) is 28.8 Å². The lowest BCUT2D eigenvalue weighted by molar-refractivity contribution is -0.136. The number of carbonyl (C=O) groups is 1. The third-order valence-corrected chi connectivity index (χ3v) is 5.39. The summed E-state index contributed by atoms with van der Waals surface area (Å²) in [6.07, 6.45) is 1.60. The van der Waals surface area contributed by atoms with E-state index < -0.39 is 5.41 Å². The van der Waals surface area contributed by atoms with Gasteiger partial charge in [-0.25, -0.2) is 0 Å². The molecule has 0 atom stereocenters. The molecular weight excluding hydrogens is 352 g/mol. The summed E-state index contributed by atoms with van der Waals surface area (Å²) < 4.78 is 11.3. The van der Waals surface area contributed by atoms with E-state index in [1.807, 2.05) is 36.4 Å². The zero-order chi connectivity index (χ0) is 19.7. The zero-order valence-electron chi connectivity index (χ0n) is 16.6. The van der Waals surface area contributed by atoms with Crippen molar-refractivity contribution >= 4 is 5.91 Å². The topological polar surface area (TPSA) is 59.6 Å². The van der Waals surface area contributed by atoms with Gasteiger partial charge in [-0.05, 0) is 42.6 Å². The number of piperidine rings is 1. The average molecular weight is 383 g/mol. The Morgan fingerprint density at radius 1 is 1.00 bits per heavy atom.